The quantitative estimate of drug-likeness (QED) is 0.550. The first-order chi connectivity index (χ1) is 14.9. The third kappa shape index (κ3) is 5.73. The number of thiazole rings is 1. The Labute approximate surface area is 184 Å². The Kier molecular flexibility index (Phi) is 7.09. The minimum Gasteiger partial charge on any atom is -0.497 e. The minimum absolute atomic E-state index is 0.0659. The summed E-state index contributed by atoms with van der Waals surface area (Å²) in [5.41, 5.74) is 2.54. The summed E-state index contributed by atoms with van der Waals surface area (Å²) in [6, 6.07) is 10.4. The van der Waals surface area contributed by atoms with E-state index in [2.05, 4.69) is 15.6 Å². The highest BCUT2D eigenvalue weighted by atomic mass is 32.1. The van der Waals surface area contributed by atoms with Gasteiger partial charge in [0.25, 0.3) is 5.91 Å². The Hall–Kier alpha value is -3.59. The van der Waals surface area contributed by atoms with Crippen LogP contribution in [0.1, 0.15) is 21.6 Å². The number of ether oxygens (including phenoxy) is 3. The summed E-state index contributed by atoms with van der Waals surface area (Å²) >= 11 is 1.24. The summed E-state index contributed by atoms with van der Waals surface area (Å²) in [6.07, 6.45) is 0.0659. The summed E-state index contributed by atoms with van der Waals surface area (Å²) in [5, 5.41) is 7.68. The zero-order chi connectivity index (χ0) is 22.4. The van der Waals surface area contributed by atoms with Crippen molar-refractivity contribution in [3.8, 4) is 17.2 Å². The Morgan fingerprint density at radius 3 is 2.32 bits per heavy atom. The molecule has 2 amide bonds. The Balaban J connectivity index is 1.64. The monoisotopic (exact) mass is 441 g/mol. The van der Waals surface area contributed by atoms with Crippen LogP contribution in [0.3, 0.4) is 0 Å². The van der Waals surface area contributed by atoms with Crippen molar-refractivity contribution in [2.75, 3.05) is 32.0 Å². The summed E-state index contributed by atoms with van der Waals surface area (Å²) in [7, 11) is 4.58. The van der Waals surface area contributed by atoms with Gasteiger partial charge in [0.2, 0.25) is 5.91 Å². The van der Waals surface area contributed by atoms with E-state index >= 15 is 0 Å². The van der Waals surface area contributed by atoms with E-state index in [1.54, 1.807) is 36.8 Å². The second-order valence-electron chi connectivity index (χ2n) is 6.63. The van der Waals surface area contributed by atoms with Gasteiger partial charge in [-0.25, -0.2) is 4.98 Å². The average molecular weight is 442 g/mol. The molecule has 31 heavy (non-hydrogen) atoms. The number of benzene rings is 2. The predicted molar refractivity (Wildman–Crippen MR) is 120 cm³/mol. The van der Waals surface area contributed by atoms with Gasteiger partial charge in [0.15, 0.2) is 5.13 Å². The normalized spacial score (nSPS) is 10.3. The second kappa shape index (κ2) is 9.94. The Bertz CT molecular complexity index is 1070. The molecule has 0 aliphatic carbocycles. The summed E-state index contributed by atoms with van der Waals surface area (Å²) in [5.74, 6) is 1.02. The fraction of sp³-hybridized carbons (Fsp3) is 0.227. The molecule has 0 aliphatic rings. The first-order valence-corrected chi connectivity index (χ1v) is 10.2. The molecule has 0 saturated carbocycles. The number of hydrogen-bond donors (Lipinski definition) is 2. The molecule has 8 nitrogen and oxygen atoms in total. The standard InChI is InChI=1S/C22H23N3O5S/c1-13-5-6-18(19(7-13)30-4)24-20(26)10-15-12-31-22(23-15)25-21(27)14-8-16(28-2)11-17(9-14)29-3/h5-9,11-12H,10H2,1-4H3,(H,24,26)(H,23,25,27). The first kappa shape index (κ1) is 22.1. The summed E-state index contributed by atoms with van der Waals surface area (Å²) in [6.45, 7) is 1.95. The van der Waals surface area contributed by atoms with Gasteiger partial charge >= 0.3 is 0 Å². The molecule has 162 valence electrons. The number of methoxy groups -OCH3 is 3. The van der Waals surface area contributed by atoms with Gasteiger partial charge in [-0.05, 0) is 36.8 Å². The molecule has 0 spiro atoms. The largest absolute Gasteiger partial charge is 0.497 e. The molecule has 2 aromatic carbocycles. The van der Waals surface area contributed by atoms with E-state index in [4.69, 9.17) is 14.2 Å². The van der Waals surface area contributed by atoms with Crippen LogP contribution in [0, 0.1) is 6.92 Å². The van der Waals surface area contributed by atoms with Gasteiger partial charge in [-0.15, -0.1) is 11.3 Å². The number of nitrogens with zero attached hydrogens (tertiary/aromatic N) is 1. The molecule has 9 heteroatoms. The highest BCUT2D eigenvalue weighted by Crippen LogP contribution is 2.26. The maximum atomic E-state index is 12.6. The number of amides is 2. The van der Waals surface area contributed by atoms with Gasteiger partial charge < -0.3 is 19.5 Å². The molecular weight excluding hydrogens is 418 g/mol. The fourth-order valence-electron chi connectivity index (χ4n) is 2.81. The molecule has 1 aromatic heterocycles. The van der Waals surface area contributed by atoms with E-state index in [9.17, 15) is 9.59 Å². The van der Waals surface area contributed by atoms with E-state index in [1.807, 2.05) is 19.1 Å². The van der Waals surface area contributed by atoms with Gasteiger partial charge in [0.05, 0.1) is 39.1 Å². The van der Waals surface area contributed by atoms with Crippen molar-refractivity contribution in [2.24, 2.45) is 0 Å². The molecule has 3 rings (SSSR count). The van der Waals surface area contributed by atoms with Crippen molar-refractivity contribution in [2.45, 2.75) is 13.3 Å². The molecule has 3 aromatic rings. The molecule has 0 aliphatic heterocycles. The van der Waals surface area contributed by atoms with Crippen molar-refractivity contribution >= 4 is 34.0 Å². The smallest absolute Gasteiger partial charge is 0.257 e. The third-order valence-electron chi connectivity index (χ3n) is 4.36. The van der Waals surface area contributed by atoms with Crippen LogP contribution in [0.15, 0.2) is 41.8 Å². The summed E-state index contributed by atoms with van der Waals surface area (Å²) in [4.78, 5) is 29.3. The highest BCUT2D eigenvalue weighted by molar-refractivity contribution is 7.14. The number of aryl methyl sites for hydroxylation is 1. The van der Waals surface area contributed by atoms with Crippen LogP contribution in [0.5, 0.6) is 17.2 Å². The topological polar surface area (TPSA) is 98.8 Å². The van der Waals surface area contributed by atoms with Crippen LogP contribution in [0.25, 0.3) is 0 Å². The van der Waals surface area contributed by atoms with Crippen molar-refractivity contribution < 1.29 is 23.8 Å². The zero-order valence-corrected chi connectivity index (χ0v) is 18.5. The number of rotatable bonds is 8. The lowest BCUT2D eigenvalue weighted by molar-refractivity contribution is -0.115. The number of carbonyl (C=O) groups excluding carboxylic acids is 2. The maximum absolute atomic E-state index is 12.6. The molecule has 0 bridgehead atoms. The van der Waals surface area contributed by atoms with Crippen LogP contribution in [-0.4, -0.2) is 38.1 Å². The zero-order valence-electron chi connectivity index (χ0n) is 17.6. The number of aromatic nitrogens is 1. The lowest BCUT2D eigenvalue weighted by atomic mass is 10.2. The number of hydrogen-bond acceptors (Lipinski definition) is 7. The molecule has 1 heterocycles. The van der Waals surface area contributed by atoms with Crippen molar-refractivity contribution in [1.82, 2.24) is 4.98 Å². The predicted octanol–water partition coefficient (Wildman–Crippen LogP) is 3.91. The van der Waals surface area contributed by atoms with Gasteiger partial charge in [0, 0.05) is 17.0 Å². The lowest BCUT2D eigenvalue weighted by Gasteiger charge is -2.10. The second-order valence-corrected chi connectivity index (χ2v) is 7.49. The van der Waals surface area contributed by atoms with Crippen LogP contribution < -0.4 is 24.8 Å². The van der Waals surface area contributed by atoms with E-state index < -0.39 is 0 Å². The fourth-order valence-corrected chi connectivity index (χ4v) is 3.52. The molecule has 2 N–H and O–H groups in total. The molecule has 0 fully saturated rings. The number of anilines is 2. The van der Waals surface area contributed by atoms with Gasteiger partial charge in [0.1, 0.15) is 17.2 Å². The van der Waals surface area contributed by atoms with E-state index in [1.165, 1.54) is 25.6 Å². The lowest BCUT2D eigenvalue weighted by Crippen LogP contribution is -2.16. The molecule has 0 unspecified atom stereocenters. The molecule has 0 radical (unpaired) electrons. The van der Waals surface area contributed by atoms with Crippen molar-refractivity contribution in [1.29, 1.82) is 0 Å². The van der Waals surface area contributed by atoms with Crippen molar-refractivity contribution in [3.05, 3.63) is 58.6 Å². The minimum atomic E-state index is -0.355. The first-order valence-electron chi connectivity index (χ1n) is 9.35. The average Bonchev–Trinajstić information content (AvgIpc) is 3.20. The van der Waals surface area contributed by atoms with Gasteiger partial charge in [-0.2, -0.15) is 0 Å². The Morgan fingerprint density at radius 2 is 1.68 bits per heavy atom. The van der Waals surface area contributed by atoms with Gasteiger partial charge in [-0.1, -0.05) is 6.07 Å². The SMILES string of the molecule is COc1cc(OC)cc(C(=O)Nc2nc(CC(=O)Nc3ccc(C)cc3OC)cs2)c1. The Morgan fingerprint density at radius 1 is 0.968 bits per heavy atom. The van der Waals surface area contributed by atoms with Crippen LogP contribution in [0.2, 0.25) is 0 Å². The van der Waals surface area contributed by atoms with Crippen LogP contribution >= 0.6 is 11.3 Å². The molecular formula is C22H23N3O5S. The maximum Gasteiger partial charge on any atom is 0.257 e. The summed E-state index contributed by atoms with van der Waals surface area (Å²) < 4.78 is 15.7. The van der Waals surface area contributed by atoms with Crippen LogP contribution in [0.4, 0.5) is 10.8 Å². The van der Waals surface area contributed by atoms with E-state index in [-0.39, 0.29) is 18.2 Å². The molecule has 0 atom stereocenters. The van der Waals surface area contributed by atoms with E-state index in [0.29, 0.717) is 39.3 Å². The van der Waals surface area contributed by atoms with E-state index in [0.717, 1.165) is 5.56 Å². The van der Waals surface area contributed by atoms with Crippen molar-refractivity contribution in [3.63, 3.8) is 0 Å². The molecule has 0 saturated heterocycles. The van der Waals surface area contributed by atoms with Crippen LogP contribution in [-0.2, 0) is 11.2 Å². The highest BCUT2D eigenvalue weighted by Gasteiger charge is 2.14. The number of nitrogens with one attached hydrogen (secondary N) is 2. The van der Waals surface area contributed by atoms with Gasteiger partial charge in [-0.3, -0.25) is 14.9 Å². The number of carbonyl (C=O) groups is 2. The third-order valence-corrected chi connectivity index (χ3v) is 5.17.